The Balaban J connectivity index is 2.64. The van der Waals surface area contributed by atoms with Gasteiger partial charge in [0.15, 0.2) is 5.82 Å². The highest BCUT2D eigenvalue weighted by Gasteiger charge is 2.19. The molecule has 1 aromatic rings. The maximum atomic E-state index is 13.2. The molecule has 3 N–H and O–H groups in total. The fourth-order valence-electron chi connectivity index (χ4n) is 1.11. The molecule has 94 valence electrons. The summed E-state index contributed by atoms with van der Waals surface area (Å²) in [5, 5.41) is -0.654. The number of amides is 1. The van der Waals surface area contributed by atoms with Gasteiger partial charge in [0.05, 0.1) is 0 Å². The molecule has 0 radical (unpaired) electrons. The van der Waals surface area contributed by atoms with Gasteiger partial charge >= 0.3 is 0 Å². The van der Waals surface area contributed by atoms with Crippen LogP contribution in [0.1, 0.15) is 12.8 Å². The van der Waals surface area contributed by atoms with E-state index in [2.05, 4.69) is 9.71 Å². The summed E-state index contributed by atoms with van der Waals surface area (Å²) < 4.78 is 38.4. The third kappa shape index (κ3) is 4.08. The Bertz CT molecular complexity index is 504. The van der Waals surface area contributed by atoms with Crippen molar-refractivity contribution in [3.8, 4) is 0 Å². The molecule has 0 atom stereocenters. The van der Waals surface area contributed by atoms with Crippen molar-refractivity contribution >= 4 is 15.9 Å². The lowest BCUT2D eigenvalue weighted by Crippen LogP contribution is -2.27. The number of rotatable bonds is 6. The summed E-state index contributed by atoms with van der Waals surface area (Å²) in [5.41, 5.74) is 4.89. The maximum absolute atomic E-state index is 13.2. The Morgan fingerprint density at radius 1 is 1.53 bits per heavy atom. The van der Waals surface area contributed by atoms with Gasteiger partial charge in [-0.15, -0.1) is 0 Å². The number of nitrogens with zero attached hydrogens (tertiary/aromatic N) is 1. The van der Waals surface area contributed by atoms with E-state index >= 15 is 0 Å². The molecule has 0 aliphatic carbocycles. The van der Waals surface area contributed by atoms with E-state index in [1.54, 1.807) is 0 Å². The average Bonchev–Trinajstić information content (AvgIpc) is 2.24. The van der Waals surface area contributed by atoms with Gasteiger partial charge in [0.25, 0.3) is 10.0 Å². The van der Waals surface area contributed by atoms with E-state index in [-0.39, 0.29) is 19.4 Å². The topological polar surface area (TPSA) is 102 Å². The van der Waals surface area contributed by atoms with E-state index in [4.69, 9.17) is 5.73 Å². The first-order valence-electron chi connectivity index (χ1n) is 4.82. The van der Waals surface area contributed by atoms with Crippen molar-refractivity contribution < 1.29 is 17.6 Å². The first-order valence-corrected chi connectivity index (χ1v) is 6.30. The summed E-state index contributed by atoms with van der Waals surface area (Å²) in [6.07, 6.45) is 1.50. The summed E-state index contributed by atoms with van der Waals surface area (Å²) in [6, 6.07) is 2.30. The monoisotopic (exact) mass is 261 g/mol. The van der Waals surface area contributed by atoms with Gasteiger partial charge in [0.2, 0.25) is 10.9 Å². The molecule has 0 aliphatic heterocycles. The second-order valence-electron chi connectivity index (χ2n) is 3.26. The second kappa shape index (κ2) is 5.69. The third-order valence-corrected chi connectivity index (χ3v) is 3.26. The molecule has 1 rings (SSSR count). The van der Waals surface area contributed by atoms with Gasteiger partial charge in [0.1, 0.15) is 0 Å². The summed E-state index contributed by atoms with van der Waals surface area (Å²) in [6.45, 7) is 0.00128. The average molecular weight is 261 g/mol. The normalized spacial score (nSPS) is 11.4. The molecule has 1 heterocycles. The molecule has 0 saturated carbocycles. The maximum Gasteiger partial charge on any atom is 0.261 e. The fraction of sp³-hybridized carbons (Fsp3) is 0.333. The van der Waals surface area contributed by atoms with Gasteiger partial charge in [-0.3, -0.25) is 4.79 Å². The number of nitrogens with one attached hydrogen (secondary N) is 1. The van der Waals surface area contributed by atoms with Crippen LogP contribution in [0.4, 0.5) is 4.39 Å². The Kier molecular flexibility index (Phi) is 4.53. The van der Waals surface area contributed by atoms with Crippen molar-refractivity contribution in [1.29, 1.82) is 0 Å². The molecule has 0 fully saturated rings. The van der Waals surface area contributed by atoms with Gasteiger partial charge in [0, 0.05) is 19.2 Å². The lowest BCUT2D eigenvalue weighted by molar-refractivity contribution is -0.118. The highest BCUT2D eigenvalue weighted by Crippen LogP contribution is 2.09. The molecule has 1 aromatic heterocycles. The molecular weight excluding hydrogens is 249 g/mol. The van der Waals surface area contributed by atoms with Crippen LogP contribution in [0.15, 0.2) is 23.4 Å². The smallest absolute Gasteiger partial charge is 0.261 e. The van der Waals surface area contributed by atoms with Crippen molar-refractivity contribution in [2.24, 2.45) is 5.73 Å². The van der Waals surface area contributed by atoms with E-state index in [9.17, 15) is 17.6 Å². The Morgan fingerprint density at radius 2 is 2.24 bits per heavy atom. The number of primary amides is 1. The van der Waals surface area contributed by atoms with Gasteiger partial charge in [-0.2, -0.15) is 0 Å². The van der Waals surface area contributed by atoms with Gasteiger partial charge in [-0.05, 0) is 18.6 Å². The SMILES string of the molecule is NC(=O)CCCNS(=O)(=O)c1ncccc1F. The Labute approximate surface area is 98.1 Å². The summed E-state index contributed by atoms with van der Waals surface area (Å²) >= 11 is 0. The molecule has 0 bridgehead atoms. The van der Waals surface area contributed by atoms with E-state index in [1.165, 1.54) is 12.3 Å². The van der Waals surface area contributed by atoms with Crippen LogP contribution in [0, 0.1) is 5.82 Å². The van der Waals surface area contributed by atoms with Crippen LogP contribution >= 0.6 is 0 Å². The quantitative estimate of drug-likeness (QED) is 0.690. The molecule has 17 heavy (non-hydrogen) atoms. The van der Waals surface area contributed by atoms with Crippen LogP contribution in [-0.4, -0.2) is 25.9 Å². The number of nitrogens with two attached hydrogens (primary N) is 1. The Morgan fingerprint density at radius 3 is 2.82 bits per heavy atom. The lowest BCUT2D eigenvalue weighted by Gasteiger charge is -2.05. The molecule has 0 aromatic carbocycles. The number of hydrogen-bond acceptors (Lipinski definition) is 4. The largest absolute Gasteiger partial charge is 0.370 e. The van der Waals surface area contributed by atoms with Gasteiger partial charge < -0.3 is 5.73 Å². The van der Waals surface area contributed by atoms with Crippen LogP contribution in [0.3, 0.4) is 0 Å². The minimum absolute atomic E-state index is 0.00128. The van der Waals surface area contributed by atoms with Crippen LogP contribution in [0.5, 0.6) is 0 Å². The van der Waals surface area contributed by atoms with Crippen molar-refractivity contribution in [2.75, 3.05) is 6.54 Å². The fourth-order valence-corrected chi connectivity index (χ4v) is 2.18. The number of pyridine rings is 1. The van der Waals surface area contributed by atoms with Gasteiger partial charge in [-0.1, -0.05) is 0 Å². The Hall–Kier alpha value is -1.54. The van der Waals surface area contributed by atoms with Crippen LogP contribution in [0.2, 0.25) is 0 Å². The highest BCUT2D eigenvalue weighted by molar-refractivity contribution is 7.89. The number of aromatic nitrogens is 1. The van der Waals surface area contributed by atoms with Crippen LogP contribution in [0.25, 0.3) is 0 Å². The molecule has 8 heteroatoms. The second-order valence-corrected chi connectivity index (χ2v) is 4.94. The van der Waals surface area contributed by atoms with E-state index in [0.29, 0.717) is 0 Å². The van der Waals surface area contributed by atoms with Crippen molar-refractivity contribution in [2.45, 2.75) is 17.9 Å². The number of halogens is 1. The highest BCUT2D eigenvalue weighted by atomic mass is 32.2. The number of carbonyl (C=O) groups is 1. The summed E-state index contributed by atoms with van der Waals surface area (Å²) in [7, 11) is -3.98. The van der Waals surface area contributed by atoms with Crippen molar-refractivity contribution in [1.82, 2.24) is 9.71 Å². The molecule has 0 saturated heterocycles. The summed E-state index contributed by atoms with van der Waals surface area (Å²) in [4.78, 5) is 13.9. The predicted molar refractivity (Wildman–Crippen MR) is 57.8 cm³/mol. The van der Waals surface area contributed by atoms with Crippen molar-refractivity contribution in [3.05, 3.63) is 24.1 Å². The minimum Gasteiger partial charge on any atom is -0.370 e. The molecule has 0 unspecified atom stereocenters. The first kappa shape index (κ1) is 13.5. The van der Waals surface area contributed by atoms with Crippen LogP contribution < -0.4 is 10.5 Å². The van der Waals surface area contributed by atoms with E-state index in [1.807, 2.05) is 0 Å². The van der Waals surface area contributed by atoms with E-state index < -0.39 is 26.8 Å². The zero-order valence-corrected chi connectivity index (χ0v) is 9.71. The standard InChI is InChI=1S/C9H12FN3O3S/c10-7-3-1-5-12-9(7)17(15,16)13-6-2-4-8(11)14/h1,3,5,13H,2,4,6H2,(H2,11,14). The third-order valence-electron chi connectivity index (χ3n) is 1.87. The number of sulfonamides is 1. The predicted octanol–water partition coefficient (Wildman–Crippen LogP) is -0.236. The van der Waals surface area contributed by atoms with E-state index in [0.717, 1.165) is 6.07 Å². The molecule has 1 amide bonds. The first-order chi connectivity index (χ1) is 7.93. The summed E-state index contributed by atoms with van der Waals surface area (Å²) in [5.74, 6) is -1.44. The van der Waals surface area contributed by atoms with Crippen molar-refractivity contribution in [3.63, 3.8) is 0 Å². The van der Waals surface area contributed by atoms with Crippen LogP contribution in [-0.2, 0) is 14.8 Å². The zero-order chi connectivity index (χ0) is 12.9. The molecular formula is C9H12FN3O3S. The number of hydrogen-bond donors (Lipinski definition) is 2. The lowest BCUT2D eigenvalue weighted by atomic mass is 10.3. The minimum atomic E-state index is -3.98. The molecule has 6 nitrogen and oxygen atoms in total. The molecule has 0 spiro atoms. The van der Waals surface area contributed by atoms with Gasteiger partial charge in [-0.25, -0.2) is 22.5 Å². The number of carbonyl (C=O) groups excluding carboxylic acids is 1. The zero-order valence-electron chi connectivity index (χ0n) is 8.89. The molecule has 0 aliphatic rings.